The van der Waals surface area contributed by atoms with Gasteiger partial charge in [-0.3, -0.25) is 0 Å². The van der Waals surface area contributed by atoms with Gasteiger partial charge in [-0.25, -0.2) is 0 Å². The highest BCUT2D eigenvalue weighted by Crippen LogP contribution is 2.27. The van der Waals surface area contributed by atoms with E-state index in [2.05, 4.69) is 32.6 Å². The van der Waals surface area contributed by atoms with Crippen LogP contribution in [0.15, 0.2) is 0 Å². The normalized spacial score (nSPS) is 10.2. The van der Waals surface area contributed by atoms with Gasteiger partial charge in [0.15, 0.2) is 0 Å². The van der Waals surface area contributed by atoms with Crippen LogP contribution >= 0.6 is 34.2 Å². The van der Waals surface area contributed by atoms with E-state index in [0.29, 0.717) is 11.0 Å². The lowest BCUT2D eigenvalue weighted by atomic mass is 10.1. The number of alkyl halides is 1. The van der Waals surface area contributed by atoms with Crippen LogP contribution in [-0.2, 0) is 6.42 Å². The van der Waals surface area contributed by atoms with Gasteiger partial charge in [-0.1, -0.05) is 34.2 Å². The Morgan fingerprint density at radius 2 is 1.94 bits per heavy atom. The summed E-state index contributed by atoms with van der Waals surface area (Å²) in [6.45, 7) is 0. The number of aromatic nitrogens is 2. The third kappa shape index (κ3) is 3.62. The molecule has 0 aliphatic carbocycles. The van der Waals surface area contributed by atoms with Crippen LogP contribution in [0.2, 0.25) is 5.15 Å². The molecule has 1 aromatic heterocycles. The van der Waals surface area contributed by atoms with Gasteiger partial charge >= 0.3 is 6.01 Å². The molecule has 0 fully saturated rings. The Balaban J connectivity index is 2.88. The van der Waals surface area contributed by atoms with Crippen molar-refractivity contribution < 1.29 is 9.47 Å². The molecule has 0 aliphatic heterocycles. The Hall–Kier alpha value is -0.300. The number of unbranched alkanes of at least 4 members (excludes halogenated alkanes) is 1. The quantitative estimate of drug-likeness (QED) is 0.340. The zero-order chi connectivity index (χ0) is 12.0. The van der Waals surface area contributed by atoms with Crippen molar-refractivity contribution in [2.24, 2.45) is 0 Å². The zero-order valence-corrected chi connectivity index (χ0v) is 12.2. The lowest BCUT2D eigenvalue weighted by Gasteiger charge is -2.09. The molecule has 6 heteroatoms. The lowest BCUT2D eigenvalue weighted by molar-refractivity contribution is 0.348. The van der Waals surface area contributed by atoms with Crippen LogP contribution in [0.3, 0.4) is 0 Å². The highest BCUT2D eigenvalue weighted by atomic mass is 127. The summed E-state index contributed by atoms with van der Waals surface area (Å²) in [7, 11) is 3.07. The maximum absolute atomic E-state index is 6.06. The summed E-state index contributed by atoms with van der Waals surface area (Å²) in [6, 6.07) is 0.236. The summed E-state index contributed by atoms with van der Waals surface area (Å²) in [6.07, 6.45) is 3.02. The van der Waals surface area contributed by atoms with Gasteiger partial charge in [0.1, 0.15) is 5.15 Å². The van der Waals surface area contributed by atoms with E-state index in [1.807, 2.05) is 0 Å². The van der Waals surface area contributed by atoms with E-state index >= 15 is 0 Å². The Morgan fingerprint density at radius 1 is 1.19 bits per heavy atom. The summed E-state index contributed by atoms with van der Waals surface area (Å²) >= 11 is 8.41. The molecule has 1 heterocycles. The largest absolute Gasteiger partial charge is 0.481 e. The van der Waals surface area contributed by atoms with Crippen LogP contribution < -0.4 is 9.47 Å². The van der Waals surface area contributed by atoms with Gasteiger partial charge in [0.25, 0.3) is 0 Å². The molecule has 0 spiro atoms. The molecule has 0 unspecified atom stereocenters. The first-order valence-electron chi connectivity index (χ1n) is 4.93. The minimum Gasteiger partial charge on any atom is -0.481 e. The van der Waals surface area contributed by atoms with Crippen LogP contribution in [0.1, 0.15) is 18.4 Å². The molecular weight excluding hydrogens is 342 g/mol. The molecule has 1 aromatic rings. The van der Waals surface area contributed by atoms with Crippen LogP contribution in [0.25, 0.3) is 0 Å². The monoisotopic (exact) mass is 356 g/mol. The molecule has 0 radical (unpaired) electrons. The molecule has 0 N–H and O–H groups in total. The van der Waals surface area contributed by atoms with Gasteiger partial charge in [-0.05, 0) is 23.7 Å². The van der Waals surface area contributed by atoms with Crippen molar-refractivity contribution in [2.75, 3.05) is 18.6 Å². The summed E-state index contributed by atoms with van der Waals surface area (Å²) in [5, 5.41) is 0.414. The number of halogens is 2. The van der Waals surface area contributed by atoms with Gasteiger partial charge in [-0.15, -0.1) is 0 Å². The van der Waals surface area contributed by atoms with Gasteiger partial charge in [-0.2, -0.15) is 9.97 Å². The van der Waals surface area contributed by atoms with E-state index < -0.39 is 0 Å². The first kappa shape index (κ1) is 13.8. The third-order valence-electron chi connectivity index (χ3n) is 2.08. The van der Waals surface area contributed by atoms with E-state index in [1.165, 1.54) is 7.11 Å². The second-order valence-corrected chi connectivity index (χ2v) is 4.57. The van der Waals surface area contributed by atoms with Crippen LogP contribution in [0, 0.1) is 0 Å². The molecule has 0 aromatic carbocycles. The number of rotatable bonds is 6. The van der Waals surface area contributed by atoms with E-state index in [-0.39, 0.29) is 6.01 Å². The smallest absolute Gasteiger partial charge is 0.320 e. The van der Waals surface area contributed by atoms with Crippen molar-refractivity contribution in [1.82, 2.24) is 9.97 Å². The first-order valence-corrected chi connectivity index (χ1v) is 6.83. The van der Waals surface area contributed by atoms with Gasteiger partial charge < -0.3 is 9.47 Å². The second-order valence-electron chi connectivity index (χ2n) is 3.14. The van der Waals surface area contributed by atoms with Crippen molar-refractivity contribution >= 4 is 34.2 Å². The van der Waals surface area contributed by atoms with E-state index in [4.69, 9.17) is 21.1 Å². The molecule has 0 amide bonds. The topological polar surface area (TPSA) is 44.2 Å². The fraction of sp³-hybridized carbons (Fsp3) is 0.600. The fourth-order valence-electron chi connectivity index (χ4n) is 1.29. The number of hydrogen-bond donors (Lipinski definition) is 0. The molecule has 4 nitrogen and oxygen atoms in total. The summed E-state index contributed by atoms with van der Waals surface area (Å²) in [5.41, 5.74) is 0.856. The van der Waals surface area contributed by atoms with Gasteiger partial charge in [0.05, 0.1) is 19.8 Å². The average Bonchev–Trinajstić information content (AvgIpc) is 2.30. The van der Waals surface area contributed by atoms with Gasteiger partial charge in [0.2, 0.25) is 5.88 Å². The average molecular weight is 357 g/mol. The van der Waals surface area contributed by atoms with Crippen molar-refractivity contribution in [3.8, 4) is 11.9 Å². The molecule has 0 atom stereocenters. The minimum absolute atomic E-state index is 0.236. The number of methoxy groups -OCH3 is 2. The second kappa shape index (κ2) is 7.11. The molecule has 0 bridgehead atoms. The molecule has 16 heavy (non-hydrogen) atoms. The molecule has 0 saturated carbocycles. The Bertz CT molecular complexity index is 350. The number of ether oxygens (including phenoxy) is 2. The molecule has 0 aliphatic rings. The van der Waals surface area contributed by atoms with E-state index in [0.717, 1.165) is 29.3 Å². The summed E-state index contributed by atoms with van der Waals surface area (Å²) in [5.74, 6) is 0.505. The standard InChI is InChI=1S/C10H14ClIN2O2/c1-15-9-7(5-3-4-6-12)8(11)13-10(14-9)16-2/h3-6H2,1-2H3. The molecular formula is C10H14ClIN2O2. The maximum Gasteiger partial charge on any atom is 0.320 e. The molecule has 0 saturated heterocycles. The third-order valence-corrected chi connectivity index (χ3v) is 3.16. The summed E-state index contributed by atoms with van der Waals surface area (Å²) in [4.78, 5) is 8.14. The zero-order valence-electron chi connectivity index (χ0n) is 9.30. The van der Waals surface area contributed by atoms with Gasteiger partial charge in [0, 0.05) is 0 Å². The van der Waals surface area contributed by atoms with E-state index in [9.17, 15) is 0 Å². The van der Waals surface area contributed by atoms with Crippen LogP contribution in [-0.4, -0.2) is 28.6 Å². The Labute approximate surface area is 114 Å². The van der Waals surface area contributed by atoms with Crippen molar-refractivity contribution in [3.05, 3.63) is 10.7 Å². The van der Waals surface area contributed by atoms with E-state index in [1.54, 1.807) is 7.11 Å². The van der Waals surface area contributed by atoms with Crippen LogP contribution in [0.5, 0.6) is 11.9 Å². The minimum atomic E-state index is 0.236. The summed E-state index contributed by atoms with van der Waals surface area (Å²) < 4.78 is 11.2. The van der Waals surface area contributed by atoms with Crippen molar-refractivity contribution in [2.45, 2.75) is 19.3 Å². The van der Waals surface area contributed by atoms with Crippen molar-refractivity contribution in [1.29, 1.82) is 0 Å². The SMILES string of the molecule is COc1nc(Cl)c(CCCCI)c(OC)n1. The number of hydrogen-bond acceptors (Lipinski definition) is 4. The number of nitrogens with zero attached hydrogens (tertiary/aromatic N) is 2. The Morgan fingerprint density at radius 3 is 2.50 bits per heavy atom. The lowest BCUT2D eigenvalue weighted by Crippen LogP contribution is -2.02. The highest BCUT2D eigenvalue weighted by molar-refractivity contribution is 14.1. The molecule has 1 rings (SSSR count). The maximum atomic E-state index is 6.06. The predicted octanol–water partition coefficient (Wildman–Crippen LogP) is 2.90. The molecule has 90 valence electrons. The highest BCUT2D eigenvalue weighted by Gasteiger charge is 2.13. The van der Waals surface area contributed by atoms with Crippen LogP contribution in [0.4, 0.5) is 0 Å². The predicted molar refractivity (Wildman–Crippen MR) is 72.0 cm³/mol. The fourth-order valence-corrected chi connectivity index (χ4v) is 2.07. The first-order chi connectivity index (χ1) is 7.72. The Kier molecular flexibility index (Phi) is 6.12. The van der Waals surface area contributed by atoms with Crippen molar-refractivity contribution in [3.63, 3.8) is 0 Å².